The van der Waals surface area contributed by atoms with E-state index in [2.05, 4.69) is 39.0 Å². The summed E-state index contributed by atoms with van der Waals surface area (Å²) < 4.78 is 10.7. The Bertz CT molecular complexity index is 399. The van der Waals surface area contributed by atoms with Crippen LogP contribution in [0.5, 0.6) is 0 Å². The summed E-state index contributed by atoms with van der Waals surface area (Å²) in [5, 5.41) is 3.58. The molecule has 2 heterocycles. The Balaban J connectivity index is 1.68. The maximum atomic E-state index is 5.68. The number of guanidine groups is 1. The van der Waals surface area contributed by atoms with Crippen molar-refractivity contribution in [2.75, 3.05) is 86.8 Å². The molecule has 7 nitrogen and oxygen atoms in total. The van der Waals surface area contributed by atoms with Gasteiger partial charge in [0.15, 0.2) is 5.96 Å². The predicted molar refractivity (Wildman–Crippen MR) is 102 cm³/mol. The highest BCUT2D eigenvalue weighted by atomic mass is 16.5. The summed E-state index contributed by atoms with van der Waals surface area (Å²) in [6, 6.07) is 0.529. The molecule has 2 aliphatic heterocycles. The zero-order chi connectivity index (χ0) is 18.1. The van der Waals surface area contributed by atoms with E-state index in [-0.39, 0.29) is 0 Å². The van der Waals surface area contributed by atoms with Gasteiger partial charge in [-0.1, -0.05) is 0 Å². The number of ether oxygens (including phenoxy) is 2. The lowest BCUT2D eigenvalue weighted by atomic mass is 10.1. The van der Waals surface area contributed by atoms with Gasteiger partial charge in [0.05, 0.1) is 19.8 Å². The van der Waals surface area contributed by atoms with E-state index in [0.717, 1.165) is 58.4 Å². The quantitative estimate of drug-likeness (QED) is 0.381. The van der Waals surface area contributed by atoms with E-state index < -0.39 is 0 Å². The van der Waals surface area contributed by atoms with Gasteiger partial charge in [0.25, 0.3) is 0 Å². The van der Waals surface area contributed by atoms with Crippen LogP contribution in [0.25, 0.3) is 0 Å². The van der Waals surface area contributed by atoms with Gasteiger partial charge in [0.1, 0.15) is 0 Å². The van der Waals surface area contributed by atoms with Crippen LogP contribution in [0.4, 0.5) is 0 Å². The molecule has 2 fully saturated rings. The van der Waals surface area contributed by atoms with Crippen molar-refractivity contribution >= 4 is 5.96 Å². The molecule has 0 radical (unpaired) electrons. The number of methoxy groups -OCH3 is 1. The number of likely N-dealkylation sites (tertiary alicyclic amines) is 1. The standard InChI is InChI=1S/C18H37N5O2/c1-16(22-9-7-21(3)8-10-22)13-20-18(19-2)23-6-5-17(14-23)15-25-12-11-24-4/h16-17H,5-15H2,1-4H3,(H,19,20). The lowest BCUT2D eigenvalue weighted by molar-refractivity contribution is 0.0536. The van der Waals surface area contributed by atoms with Gasteiger partial charge in [0, 0.05) is 71.9 Å². The molecule has 146 valence electrons. The minimum Gasteiger partial charge on any atom is -0.382 e. The van der Waals surface area contributed by atoms with Crippen LogP contribution in [0, 0.1) is 5.92 Å². The Morgan fingerprint density at radius 1 is 1.20 bits per heavy atom. The fourth-order valence-corrected chi connectivity index (χ4v) is 3.52. The summed E-state index contributed by atoms with van der Waals surface area (Å²) in [6.07, 6.45) is 1.17. The van der Waals surface area contributed by atoms with Gasteiger partial charge >= 0.3 is 0 Å². The highest BCUT2D eigenvalue weighted by molar-refractivity contribution is 5.80. The number of aliphatic imine (C=N–C) groups is 1. The Hall–Kier alpha value is -0.890. The summed E-state index contributed by atoms with van der Waals surface area (Å²) in [5.74, 6) is 1.62. The summed E-state index contributed by atoms with van der Waals surface area (Å²) in [5.41, 5.74) is 0. The van der Waals surface area contributed by atoms with Gasteiger partial charge in [-0.05, 0) is 20.4 Å². The van der Waals surface area contributed by atoms with Gasteiger partial charge in [-0.3, -0.25) is 9.89 Å². The van der Waals surface area contributed by atoms with Crippen molar-refractivity contribution in [2.45, 2.75) is 19.4 Å². The van der Waals surface area contributed by atoms with E-state index in [1.54, 1.807) is 7.11 Å². The number of hydrogen-bond acceptors (Lipinski definition) is 5. The number of rotatable bonds is 8. The Morgan fingerprint density at radius 3 is 2.64 bits per heavy atom. The maximum absolute atomic E-state index is 5.68. The Morgan fingerprint density at radius 2 is 1.96 bits per heavy atom. The van der Waals surface area contributed by atoms with Crippen molar-refractivity contribution in [1.82, 2.24) is 20.0 Å². The summed E-state index contributed by atoms with van der Waals surface area (Å²) in [7, 11) is 5.79. The minimum absolute atomic E-state index is 0.529. The third-order valence-corrected chi connectivity index (χ3v) is 5.30. The van der Waals surface area contributed by atoms with Gasteiger partial charge < -0.3 is 24.6 Å². The SMILES string of the molecule is CN=C(NCC(C)N1CCN(C)CC1)N1CCC(COCCOC)C1. The van der Waals surface area contributed by atoms with Crippen LogP contribution < -0.4 is 5.32 Å². The molecule has 2 saturated heterocycles. The molecule has 2 rings (SSSR count). The van der Waals surface area contributed by atoms with Crippen molar-refractivity contribution in [1.29, 1.82) is 0 Å². The van der Waals surface area contributed by atoms with E-state index >= 15 is 0 Å². The van der Waals surface area contributed by atoms with Crippen molar-refractivity contribution in [3.63, 3.8) is 0 Å². The Labute approximate surface area is 153 Å². The zero-order valence-electron chi connectivity index (χ0n) is 16.5. The molecule has 2 aliphatic rings. The van der Waals surface area contributed by atoms with Gasteiger partial charge in [-0.25, -0.2) is 0 Å². The van der Waals surface area contributed by atoms with Gasteiger partial charge in [-0.15, -0.1) is 0 Å². The van der Waals surface area contributed by atoms with Gasteiger partial charge in [-0.2, -0.15) is 0 Å². The molecule has 1 N–H and O–H groups in total. The van der Waals surface area contributed by atoms with Crippen LogP contribution in [-0.4, -0.2) is 114 Å². The molecule has 2 unspecified atom stereocenters. The second-order valence-electron chi connectivity index (χ2n) is 7.28. The number of hydrogen-bond donors (Lipinski definition) is 1. The van der Waals surface area contributed by atoms with E-state index in [4.69, 9.17) is 9.47 Å². The molecular weight excluding hydrogens is 318 g/mol. The molecule has 0 aromatic heterocycles. The molecule has 0 amide bonds. The van der Waals surface area contributed by atoms with Crippen molar-refractivity contribution in [3.8, 4) is 0 Å². The van der Waals surface area contributed by atoms with E-state index in [9.17, 15) is 0 Å². The van der Waals surface area contributed by atoms with Crippen molar-refractivity contribution in [2.24, 2.45) is 10.9 Å². The van der Waals surface area contributed by atoms with Crippen LogP contribution in [-0.2, 0) is 9.47 Å². The van der Waals surface area contributed by atoms with Crippen LogP contribution in [0.2, 0.25) is 0 Å². The zero-order valence-corrected chi connectivity index (χ0v) is 16.5. The van der Waals surface area contributed by atoms with E-state index in [0.29, 0.717) is 25.2 Å². The van der Waals surface area contributed by atoms with Crippen LogP contribution in [0.15, 0.2) is 4.99 Å². The third kappa shape index (κ3) is 6.73. The normalized spacial score (nSPS) is 24.7. The Kier molecular flexibility index (Phi) is 8.95. The summed E-state index contributed by atoms with van der Waals surface area (Å²) >= 11 is 0. The minimum atomic E-state index is 0.529. The molecule has 0 aliphatic carbocycles. The van der Waals surface area contributed by atoms with Crippen molar-refractivity contribution < 1.29 is 9.47 Å². The molecule has 7 heteroatoms. The topological polar surface area (TPSA) is 52.6 Å². The fraction of sp³-hybridized carbons (Fsp3) is 0.944. The molecule has 0 spiro atoms. The smallest absolute Gasteiger partial charge is 0.193 e. The number of nitrogens with zero attached hydrogens (tertiary/aromatic N) is 4. The first kappa shape index (κ1) is 20.4. The maximum Gasteiger partial charge on any atom is 0.193 e. The fourth-order valence-electron chi connectivity index (χ4n) is 3.52. The van der Waals surface area contributed by atoms with Gasteiger partial charge in [0.2, 0.25) is 0 Å². The van der Waals surface area contributed by atoms with E-state index in [1.165, 1.54) is 6.42 Å². The first-order chi connectivity index (χ1) is 12.1. The van der Waals surface area contributed by atoms with Crippen molar-refractivity contribution in [3.05, 3.63) is 0 Å². The second kappa shape index (κ2) is 11.0. The third-order valence-electron chi connectivity index (χ3n) is 5.30. The first-order valence-electron chi connectivity index (χ1n) is 9.59. The lowest BCUT2D eigenvalue weighted by Crippen LogP contribution is -2.52. The van der Waals surface area contributed by atoms with E-state index in [1.807, 2.05) is 7.05 Å². The number of piperazine rings is 1. The molecular formula is C18H37N5O2. The number of likely N-dealkylation sites (N-methyl/N-ethyl adjacent to an activating group) is 1. The lowest BCUT2D eigenvalue weighted by Gasteiger charge is -2.37. The van der Waals surface area contributed by atoms with Crippen LogP contribution in [0.1, 0.15) is 13.3 Å². The largest absolute Gasteiger partial charge is 0.382 e. The molecule has 0 aromatic rings. The molecule has 0 aromatic carbocycles. The van der Waals surface area contributed by atoms with Crippen LogP contribution in [0.3, 0.4) is 0 Å². The average Bonchev–Trinajstić information content (AvgIpc) is 3.08. The predicted octanol–water partition coefficient (Wildman–Crippen LogP) is 0.183. The summed E-state index contributed by atoms with van der Waals surface area (Å²) in [4.78, 5) is 11.8. The summed E-state index contributed by atoms with van der Waals surface area (Å²) in [6.45, 7) is 12.1. The molecule has 0 saturated carbocycles. The highest BCUT2D eigenvalue weighted by Crippen LogP contribution is 2.16. The monoisotopic (exact) mass is 355 g/mol. The molecule has 25 heavy (non-hydrogen) atoms. The second-order valence-corrected chi connectivity index (χ2v) is 7.28. The average molecular weight is 356 g/mol. The highest BCUT2D eigenvalue weighted by Gasteiger charge is 2.26. The number of nitrogens with one attached hydrogen (secondary N) is 1. The first-order valence-corrected chi connectivity index (χ1v) is 9.59. The van der Waals surface area contributed by atoms with Crippen LogP contribution >= 0.6 is 0 Å². The molecule has 0 bridgehead atoms. The molecule has 2 atom stereocenters.